The van der Waals surface area contributed by atoms with Gasteiger partial charge in [0.2, 0.25) is 0 Å². The molecule has 0 atom stereocenters. The molecule has 13 heteroatoms. The second-order valence-corrected chi connectivity index (χ2v) is 11.8. The molecule has 0 unspecified atom stereocenters. The second-order valence-electron chi connectivity index (χ2n) is 8.66. The van der Waals surface area contributed by atoms with Crippen molar-refractivity contribution in [3.8, 4) is 0 Å². The molecule has 2 aromatic carbocycles. The normalized spacial score (nSPS) is 15.6. The zero-order valence-corrected chi connectivity index (χ0v) is 22.4. The van der Waals surface area contributed by atoms with Crippen molar-refractivity contribution >= 4 is 38.9 Å². The minimum absolute atomic E-state index is 0.0110. The van der Waals surface area contributed by atoms with Gasteiger partial charge in [0.05, 0.1) is 22.8 Å². The van der Waals surface area contributed by atoms with Crippen LogP contribution in [0.5, 0.6) is 0 Å². The van der Waals surface area contributed by atoms with E-state index in [-0.39, 0.29) is 57.1 Å². The first-order valence-corrected chi connectivity index (χ1v) is 14.0. The van der Waals surface area contributed by atoms with Gasteiger partial charge in [-0.1, -0.05) is 30.1 Å². The summed E-state index contributed by atoms with van der Waals surface area (Å²) in [6.07, 6.45) is -4.75. The number of sulfone groups is 1. The van der Waals surface area contributed by atoms with E-state index in [0.29, 0.717) is 32.7 Å². The molecule has 1 aliphatic rings. The smallest absolute Gasteiger partial charge is 0.395 e. The Hall–Kier alpha value is -1.89. The summed E-state index contributed by atoms with van der Waals surface area (Å²) in [6.45, 7) is 3.95. The zero-order valence-electron chi connectivity index (χ0n) is 20.1. The molecule has 1 saturated heterocycles. The molecule has 0 aliphatic carbocycles. The van der Waals surface area contributed by atoms with Gasteiger partial charge in [0, 0.05) is 61.4 Å². The first-order valence-electron chi connectivity index (χ1n) is 11.6. The monoisotopic (exact) mass is 581 g/mol. The maximum Gasteiger partial charge on any atom is 0.416 e. The lowest BCUT2D eigenvalue weighted by molar-refractivity contribution is -0.138. The van der Waals surface area contributed by atoms with Crippen LogP contribution < -0.4 is 5.32 Å². The molecular weight excluding hydrogens is 554 g/mol. The fourth-order valence-corrected chi connectivity index (χ4v) is 5.73. The molecule has 0 bridgehead atoms. The Bertz CT molecular complexity index is 1230. The van der Waals surface area contributed by atoms with E-state index in [1.54, 1.807) is 0 Å². The van der Waals surface area contributed by atoms with Crippen molar-refractivity contribution in [2.24, 2.45) is 0 Å². The SMILES string of the molecule is CCS(=O)(=O)c1ccc(Cl)cc1CNC(=O)c1cc(Cl)c(CN2CCN(CCO)CC2)c(C(F)(F)F)c1. The molecule has 1 amide bonds. The molecule has 204 valence electrons. The molecule has 1 fully saturated rings. The zero-order chi connectivity index (χ0) is 27.4. The summed E-state index contributed by atoms with van der Waals surface area (Å²) in [6, 6.07) is 6.09. The topological polar surface area (TPSA) is 90.0 Å². The van der Waals surface area contributed by atoms with Crippen molar-refractivity contribution in [3.05, 3.63) is 62.6 Å². The molecular formula is C24H28Cl2F3N3O4S. The summed E-state index contributed by atoms with van der Waals surface area (Å²) >= 11 is 12.3. The number of benzene rings is 2. The van der Waals surface area contributed by atoms with Crippen LogP contribution in [-0.4, -0.2) is 74.3 Å². The first kappa shape index (κ1) is 29.7. The van der Waals surface area contributed by atoms with Crippen LogP contribution in [0, 0.1) is 0 Å². The van der Waals surface area contributed by atoms with Crippen LogP contribution in [0.3, 0.4) is 0 Å². The fourth-order valence-electron chi connectivity index (χ4n) is 4.14. The molecule has 0 aromatic heterocycles. The Morgan fingerprint density at radius 1 is 1.08 bits per heavy atom. The number of hydrogen-bond donors (Lipinski definition) is 2. The Balaban J connectivity index is 1.82. The number of aliphatic hydroxyl groups is 1. The molecule has 0 spiro atoms. The first-order chi connectivity index (χ1) is 17.4. The molecule has 2 N–H and O–H groups in total. The maximum atomic E-state index is 14.0. The molecule has 37 heavy (non-hydrogen) atoms. The number of carbonyl (C=O) groups is 1. The number of carbonyl (C=O) groups excluding carboxylic acids is 1. The van der Waals surface area contributed by atoms with Crippen molar-refractivity contribution in [3.63, 3.8) is 0 Å². The third kappa shape index (κ3) is 7.58. The van der Waals surface area contributed by atoms with Crippen LogP contribution in [0.2, 0.25) is 10.0 Å². The molecule has 7 nitrogen and oxygen atoms in total. The van der Waals surface area contributed by atoms with Crippen molar-refractivity contribution in [1.82, 2.24) is 15.1 Å². The minimum atomic E-state index is -4.75. The highest BCUT2D eigenvalue weighted by atomic mass is 35.5. The van der Waals surface area contributed by atoms with Crippen LogP contribution in [0.4, 0.5) is 13.2 Å². The lowest BCUT2D eigenvalue weighted by Crippen LogP contribution is -2.46. The van der Waals surface area contributed by atoms with E-state index in [1.165, 1.54) is 31.2 Å². The van der Waals surface area contributed by atoms with Crippen molar-refractivity contribution in [1.29, 1.82) is 0 Å². The van der Waals surface area contributed by atoms with Crippen molar-refractivity contribution in [2.75, 3.05) is 45.1 Å². The van der Waals surface area contributed by atoms with E-state index in [9.17, 15) is 26.4 Å². The average Bonchev–Trinajstić information content (AvgIpc) is 2.84. The predicted molar refractivity (Wildman–Crippen MR) is 136 cm³/mol. The van der Waals surface area contributed by atoms with Gasteiger partial charge in [-0.25, -0.2) is 8.42 Å². The highest BCUT2D eigenvalue weighted by Gasteiger charge is 2.36. The number of amides is 1. The van der Waals surface area contributed by atoms with Gasteiger partial charge in [0.15, 0.2) is 9.84 Å². The van der Waals surface area contributed by atoms with Gasteiger partial charge in [-0.2, -0.15) is 13.2 Å². The summed E-state index contributed by atoms with van der Waals surface area (Å²) in [5, 5.41) is 11.6. The molecule has 0 saturated carbocycles. The Kier molecular flexibility index (Phi) is 9.87. The van der Waals surface area contributed by atoms with Gasteiger partial charge in [0.1, 0.15) is 0 Å². The van der Waals surface area contributed by atoms with Crippen LogP contribution in [0.25, 0.3) is 0 Å². The summed E-state index contributed by atoms with van der Waals surface area (Å²) < 4.78 is 66.7. The summed E-state index contributed by atoms with van der Waals surface area (Å²) in [4.78, 5) is 16.7. The van der Waals surface area contributed by atoms with Gasteiger partial charge in [-0.3, -0.25) is 14.6 Å². The lowest BCUT2D eigenvalue weighted by Gasteiger charge is -2.35. The van der Waals surface area contributed by atoms with E-state index in [1.807, 2.05) is 9.80 Å². The number of hydrogen-bond acceptors (Lipinski definition) is 6. The van der Waals surface area contributed by atoms with E-state index in [0.717, 1.165) is 6.07 Å². The maximum absolute atomic E-state index is 14.0. The standard InChI is InChI=1S/C24H28Cl2F3N3O4S/c1-2-37(35,36)22-4-3-18(25)11-17(22)14-30-23(34)16-12-20(24(27,28)29)19(21(26)13-16)15-32-7-5-31(6-8-32)9-10-33/h3-4,11-13,33H,2,5-10,14-15H2,1H3,(H,30,34). The van der Waals surface area contributed by atoms with Gasteiger partial charge in [-0.05, 0) is 41.5 Å². The summed E-state index contributed by atoms with van der Waals surface area (Å²) in [5.41, 5.74) is -1.19. The highest BCUT2D eigenvalue weighted by Crippen LogP contribution is 2.37. The third-order valence-corrected chi connectivity index (χ3v) is 8.60. The van der Waals surface area contributed by atoms with Crippen LogP contribution in [0.1, 0.15) is 34.0 Å². The van der Waals surface area contributed by atoms with Gasteiger partial charge in [-0.15, -0.1) is 0 Å². The number of β-amino-alcohol motifs (C(OH)–C–C–N with tert-alkyl or cyclic N) is 1. The number of alkyl halides is 3. The Morgan fingerprint density at radius 2 is 1.73 bits per heavy atom. The highest BCUT2D eigenvalue weighted by molar-refractivity contribution is 7.91. The summed E-state index contributed by atoms with van der Waals surface area (Å²) in [7, 11) is -3.62. The number of nitrogens with zero attached hydrogens (tertiary/aromatic N) is 2. The van der Waals surface area contributed by atoms with Crippen LogP contribution in [0.15, 0.2) is 35.2 Å². The number of nitrogens with one attached hydrogen (secondary N) is 1. The Morgan fingerprint density at radius 3 is 2.32 bits per heavy atom. The largest absolute Gasteiger partial charge is 0.416 e. The molecule has 1 aliphatic heterocycles. The molecule has 2 aromatic rings. The van der Waals surface area contributed by atoms with Gasteiger partial charge >= 0.3 is 6.18 Å². The molecule has 3 rings (SSSR count). The lowest BCUT2D eigenvalue weighted by atomic mass is 10.0. The third-order valence-electron chi connectivity index (χ3n) is 6.20. The molecule has 0 radical (unpaired) electrons. The molecule has 1 heterocycles. The van der Waals surface area contributed by atoms with E-state index in [4.69, 9.17) is 28.3 Å². The van der Waals surface area contributed by atoms with Gasteiger partial charge < -0.3 is 10.4 Å². The quantitative estimate of drug-likeness (QED) is 0.467. The number of aliphatic hydroxyl groups excluding tert-OH is 1. The van der Waals surface area contributed by atoms with E-state index < -0.39 is 27.5 Å². The van der Waals surface area contributed by atoms with Crippen LogP contribution in [-0.2, 0) is 29.1 Å². The number of halogens is 5. The second kappa shape index (κ2) is 12.3. The van der Waals surface area contributed by atoms with E-state index in [2.05, 4.69) is 5.32 Å². The summed E-state index contributed by atoms with van der Waals surface area (Å²) in [5.74, 6) is -1.01. The fraction of sp³-hybridized carbons (Fsp3) is 0.458. The van der Waals surface area contributed by atoms with E-state index >= 15 is 0 Å². The minimum Gasteiger partial charge on any atom is -0.395 e. The Labute approximate surface area is 224 Å². The predicted octanol–water partition coefficient (Wildman–Crippen LogP) is 3.85. The number of piperazine rings is 1. The van der Waals surface area contributed by atoms with Gasteiger partial charge in [0.25, 0.3) is 5.91 Å². The van der Waals surface area contributed by atoms with Crippen LogP contribution >= 0.6 is 23.2 Å². The number of rotatable bonds is 9. The van der Waals surface area contributed by atoms with Crippen molar-refractivity contribution in [2.45, 2.75) is 31.1 Å². The van der Waals surface area contributed by atoms with Crippen molar-refractivity contribution < 1.29 is 31.5 Å². The average molecular weight is 582 g/mol.